The van der Waals surface area contributed by atoms with E-state index in [1.807, 2.05) is 91.0 Å². The van der Waals surface area contributed by atoms with Crippen molar-refractivity contribution in [1.82, 2.24) is 10.2 Å². The molecule has 0 fully saturated rings. The molecule has 1 atom stereocenters. The topological polar surface area (TPSA) is 58.6 Å². The number of amides is 2. The first-order valence-electron chi connectivity index (χ1n) is 11.1. The van der Waals surface area contributed by atoms with Crippen molar-refractivity contribution in [3.05, 3.63) is 108 Å². The highest BCUT2D eigenvalue weighted by atomic mass is 16.6. The van der Waals surface area contributed by atoms with Crippen molar-refractivity contribution < 1.29 is 14.3 Å². The molecule has 5 nitrogen and oxygen atoms in total. The van der Waals surface area contributed by atoms with Gasteiger partial charge in [-0.1, -0.05) is 91.0 Å². The summed E-state index contributed by atoms with van der Waals surface area (Å²) >= 11 is 0. The third-order valence-corrected chi connectivity index (χ3v) is 5.24. The van der Waals surface area contributed by atoms with Gasteiger partial charge in [-0.05, 0) is 37.5 Å². The van der Waals surface area contributed by atoms with Crippen molar-refractivity contribution in [2.24, 2.45) is 0 Å². The average molecular weight is 445 g/mol. The second-order valence-electron chi connectivity index (χ2n) is 9.06. The zero-order valence-electron chi connectivity index (χ0n) is 19.7. The molecule has 3 aromatic rings. The molecular weight excluding hydrogens is 412 g/mol. The van der Waals surface area contributed by atoms with Gasteiger partial charge in [0.05, 0.1) is 6.04 Å². The Bertz CT molecular complexity index is 992. The molecule has 5 heteroatoms. The number of hydrogen-bond donors (Lipinski definition) is 1. The first kappa shape index (κ1) is 24.1. The fourth-order valence-corrected chi connectivity index (χ4v) is 3.78. The van der Waals surface area contributed by atoms with Crippen molar-refractivity contribution in [3.63, 3.8) is 0 Å². The second kappa shape index (κ2) is 10.8. The van der Waals surface area contributed by atoms with Gasteiger partial charge in [0.25, 0.3) is 0 Å². The Balaban J connectivity index is 1.92. The van der Waals surface area contributed by atoms with Crippen LogP contribution in [0.3, 0.4) is 0 Å². The number of rotatable bonds is 7. The molecule has 2 amide bonds. The molecule has 172 valence electrons. The van der Waals surface area contributed by atoms with E-state index in [1.54, 1.807) is 32.7 Å². The van der Waals surface area contributed by atoms with Crippen LogP contribution in [0.2, 0.25) is 0 Å². The van der Waals surface area contributed by atoms with Crippen LogP contribution in [0.1, 0.15) is 43.5 Å². The number of hydrogen-bond acceptors (Lipinski definition) is 3. The summed E-state index contributed by atoms with van der Waals surface area (Å²) in [5, 5.41) is 2.81. The molecule has 3 rings (SSSR count). The molecule has 3 aromatic carbocycles. The first-order valence-corrected chi connectivity index (χ1v) is 11.1. The number of alkyl carbamates (subject to hydrolysis) is 1. The highest BCUT2D eigenvalue weighted by Crippen LogP contribution is 2.28. The quantitative estimate of drug-likeness (QED) is 0.533. The molecule has 0 radical (unpaired) electrons. The Kier molecular flexibility index (Phi) is 7.88. The maximum Gasteiger partial charge on any atom is 0.408 e. The molecule has 0 saturated carbocycles. The maximum absolute atomic E-state index is 13.8. The lowest BCUT2D eigenvalue weighted by atomic mass is 9.96. The highest BCUT2D eigenvalue weighted by Gasteiger charge is 2.31. The highest BCUT2D eigenvalue weighted by molar-refractivity contribution is 5.86. The first-order chi connectivity index (χ1) is 15.7. The van der Waals surface area contributed by atoms with E-state index in [9.17, 15) is 9.59 Å². The van der Waals surface area contributed by atoms with Crippen molar-refractivity contribution in [2.45, 2.75) is 44.9 Å². The SMILES string of the molecule is CN(C(=O)C(Cc1ccccc1)NC(=O)OC(C)(C)C)C(c1ccccc1)c1ccccc1. The van der Waals surface area contributed by atoms with Crippen LogP contribution in [0.15, 0.2) is 91.0 Å². The van der Waals surface area contributed by atoms with E-state index >= 15 is 0 Å². The summed E-state index contributed by atoms with van der Waals surface area (Å²) in [5.41, 5.74) is 2.29. The standard InChI is InChI=1S/C28H32N2O3/c1-28(2,3)33-27(32)29-24(20-21-14-8-5-9-15-21)26(31)30(4)25(22-16-10-6-11-17-22)23-18-12-7-13-19-23/h5-19,24-25H,20H2,1-4H3,(H,29,32). The van der Waals surface area contributed by atoms with Gasteiger partial charge in [0.2, 0.25) is 5.91 Å². The van der Waals surface area contributed by atoms with Crippen LogP contribution in [-0.4, -0.2) is 35.6 Å². The van der Waals surface area contributed by atoms with E-state index in [0.29, 0.717) is 6.42 Å². The van der Waals surface area contributed by atoms with Crippen LogP contribution in [0.5, 0.6) is 0 Å². The van der Waals surface area contributed by atoms with Crippen molar-refractivity contribution in [3.8, 4) is 0 Å². The lowest BCUT2D eigenvalue weighted by Crippen LogP contribution is -2.50. The molecule has 0 saturated heterocycles. The van der Waals surface area contributed by atoms with Crippen LogP contribution in [0.4, 0.5) is 4.79 Å². The summed E-state index contributed by atoms with van der Waals surface area (Å²) < 4.78 is 5.44. The van der Waals surface area contributed by atoms with E-state index in [4.69, 9.17) is 4.74 Å². The molecule has 1 unspecified atom stereocenters. The predicted octanol–water partition coefficient (Wildman–Crippen LogP) is 5.37. The number of nitrogens with zero attached hydrogens (tertiary/aromatic N) is 1. The molecule has 1 N–H and O–H groups in total. The fraction of sp³-hybridized carbons (Fsp3) is 0.286. The lowest BCUT2D eigenvalue weighted by Gasteiger charge is -2.33. The minimum absolute atomic E-state index is 0.192. The van der Waals surface area contributed by atoms with Gasteiger partial charge in [-0.15, -0.1) is 0 Å². The molecule has 0 bridgehead atoms. The van der Waals surface area contributed by atoms with Crippen molar-refractivity contribution >= 4 is 12.0 Å². The zero-order chi connectivity index (χ0) is 23.8. The number of carbonyl (C=O) groups is 2. The van der Waals surface area contributed by atoms with E-state index in [-0.39, 0.29) is 11.9 Å². The van der Waals surface area contributed by atoms with Gasteiger partial charge in [0.1, 0.15) is 11.6 Å². The summed E-state index contributed by atoms with van der Waals surface area (Å²) in [6.07, 6.45) is -0.249. The Morgan fingerprint density at radius 1 is 0.818 bits per heavy atom. The third-order valence-electron chi connectivity index (χ3n) is 5.24. The maximum atomic E-state index is 13.8. The summed E-state index contributed by atoms with van der Waals surface area (Å²) in [6.45, 7) is 5.40. The van der Waals surface area contributed by atoms with Crippen LogP contribution < -0.4 is 5.32 Å². The monoisotopic (exact) mass is 444 g/mol. The fourth-order valence-electron chi connectivity index (χ4n) is 3.78. The molecular formula is C28H32N2O3. The Morgan fingerprint density at radius 2 is 1.27 bits per heavy atom. The summed E-state index contributed by atoms with van der Waals surface area (Å²) in [5.74, 6) is -0.192. The Hall–Kier alpha value is -3.60. The van der Waals surface area contributed by atoms with Gasteiger partial charge in [0, 0.05) is 13.5 Å². The third kappa shape index (κ3) is 6.94. The van der Waals surface area contributed by atoms with E-state index in [2.05, 4.69) is 5.32 Å². The summed E-state index contributed by atoms with van der Waals surface area (Å²) in [7, 11) is 1.78. The largest absolute Gasteiger partial charge is 0.444 e. The van der Waals surface area contributed by atoms with Crippen LogP contribution in [0, 0.1) is 0 Å². The molecule has 33 heavy (non-hydrogen) atoms. The summed E-state index contributed by atoms with van der Waals surface area (Å²) in [4.78, 5) is 28.1. The van der Waals surface area contributed by atoms with Crippen molar-refractivity contribution in [1.29, 1.82) is 0 Å². The van der Waals surface area contributed by atoms with E-state index in [0.717, 1.165) is 16.7 Å². The molecule has 0 aliphatic heterocycles. The minimum Gasteiger partial charge on any atom is -0.444 e. The molecule has 0 aromatic heterocycles. The number of nitrogens with one attached hydrogen (secondary N) is 1. The average Bonchev–Trinajstić information content (AvgIpc) is 2.79. The zero-order valence-corrected chi connectivity index (χ0v) is 19.7. The van der Waals surface area contributed by atoms with Gasteiger partial charge < -0.3 is 15.0 Å². The van der Waals surface area contributed by atoms with Crippen molar-refractivity contribution in [2.75, 3.05) is 7.05 Å². The van der Waals surface area contributed by atoms with Crippen LogP contribution in [0.25, 0.3) is 0 Å². The van der Waals surface area contributed by atoms with E-state index < -0.39 is 17.7 Å². The van der Waals surface area contributed by atoms with Gasteiger partial charge in [-0.3, -0.25) is 4.79 Å². The number of carbonyl (C=O) groups excluding carboxylic acids is 2. The van der Waals surface area contributed by atoms with Crippen LogP contribution >= 0.6 is 0 Å². The molecule has 0 aliphatic rings. The Labute approximate surface area is 196 Å². The van der Waals surface area contributed by atoms with Gasteiger partial charge in [-0.2, -0.15) is 0 Å². The Morgan fingerprint density at radius 3 is 1.73 bits per heavy atom. The van der Waals surface area contributed by atoms with Gasteiger partial charge in [-0.25, -0.2) is 4.79 Å². The van der Waals surface area contributed by atoms with Gasteiger partial charge in [0.15, 0.2) is 0 Å². The normalized spacial score (nSPS) is 12.2. The number of likely N-dealkylation sites (N-methyl/N-ethyl adjacent to an activating group) is 1. The molecule has 0 aliphatic carbocycles. The van der Waals surface area contributed by atoms with E-state index in [1.165, 1.54) is 0 Å². The minimum atomic E-state index is -0.776. The lowest BCUT2D eigenvalue weighted by molar-refractivity contribution is -0.133. The smallest absolute Gasteiger partial charge is 0.408 e. The summed E-state index contributed by atoms with van der Waals surface area (Å²) in [6, 6.07) is 28.4. The number of ether oxygens (including phenoxy) is 1. The van der Waals surface area contributed by atoms with Gasteiger partial charge >= 0.3 is 6.09 Å². The number of benzene rings is 3. The predicted molar refractivity (Wildman–Crippen MR) is 131 cm³/mol. The molecule has 0 spiro atoms. The second-order valence-corrected chi connectivity index (χ2v) is 9.06. The molecule has 0 heterocycles. The van der Waals surface area contributed by atoms with Crippen LogP contribution in [-0.2, 0) is 16.0 Å².